The van der Waals surface area contributed by atoms with E-state index in [1.54, 1.807) is 6.92 Å². The molecule has 1 aromatic heterocycles. The molecule has 1 N–H and O–H groups in total. The van der Waals surface area contributed by atoms with Gasteiger partial charge in [0.2, 0.25) is 0 Å². The number of hydrogen-bond donors (Lipinski definition) is 1. The average molecular weight is 526 g/mol. The maximum absolute atomic E-state index is 12.7. The standard InChI is InChI=1S/C22H39N5O6Si2/c1-13(2)34(14(3)4)30-12-17-19(32-35(33-34,15(5)6)16(7)8)22(9,25-26-23)20(31-17)27-11-10-18(28)24-21(27)29/h10-11,13-17,19-20H,12H2,1-9H3,(H,24,28,29)/t17-,19?,20?,22-/m1/s1. The number of rotatable bonds is 6. The van der Waals surface area contributed by atoms with Gasteiger partial charge in [0.1, 0.15) is 11.6 Å². The Labute approximate surface area is 208 Å². The third-order valence-electron chi connectivity index (χ3n) is 7.40. The number of nitrogens with zero attached hydrogens (tertiary/aromatic N) is 4. The summed E-state index contributed by atoms with van der Waals surface area (Å²) < 4.78 is 28.6. The summed E-state index contributed by atoms with van der Waals surface area (Å²) in [5, 5.41) is 4.13. The Morgan fingerprint density at radius 2 is 1.66 bits per heavy atom. The van der Waals surface area contributed by atoms with Crippen molar-refractivity contribution in [3.63, 3.8) is 0 Å². The van der Waals surface area contributed by atoms with Crippen LogP contribution in [0, 0.1) is 0 Å². The molecule has 11 nitrogen and oxygen atoms in total. The average Bonchev–Trinajstić information content (AvgIpc) is 2.98. The van der Waals surface area contributed by atoms with Gasteiger partial charge in [0.15, 0.2) is 6.23 Å². The zero-order valence-electron chi connectivity index (χ0n) is 22.1. The van der Waals surface area contributed by atoms with Crippen molar-refractivity contribution in [2.24, 2.45) is 5.11 Å². The Morgan fingerprint density at radius 3 is 2.14 bits per heavy atom. The van der Waals surface area contributed by atoms with Crippen LogP contribution in [0.5, 0.6) is 0 Å². The molecule has 35 heavy (non-hydrogen) atoms. The minimum Gasteiger partial charge on any atom is -0.414 e. The summed E-state index contributed by atoms with van der Waals surface area (Å²) in [6, 6.07) is 1.24. The molecule has 2 saturated heterocycles. The molecule has 13 heteroatoms. The monoisotopic (exact) mass is 525 g/mol. The molecule has 4 atom stereocenters. The molecular weight excluding hydrogens is 486 g/mol. The van der Waals surface area contributed by atoms with Crippen molar-refractivity contribution in [3.05, 3.63) is 43.5 Å². The van der Waals surface area contributed by atoms with Crippen LogP contribution < -0.4 is 11.2 Å². The fraction of sp³-hybridized carbons (Fsp3) is 0.818. The number of ether oxygens (including phenoxy) is 1. The number of hydrogen-bond acceptors (Lipinski definition) is 7. The predicted molar refractivity (Wildman–Crippen MR) is 137 cm³/mol. The van der Waals surface area contributed by atoms with Crippen LogP contribution in [0.25, 0.3) is 10.4 Å². The van der Waals surface area contributed by atoms with E-state index in [9.17, 15) is 15.1 Å². The molecule has 0 spiro atoms. The van der Waals surface area contributed by atoms with Gasteiger partial charge < -0.3 is 17.7 Å². The van der Waals surface area contributed by atoms with E-state index in [1.807, 2.05) is 0 Å². The maximum atomic E-state index is 12.7. The maximum Gasteiger partial charge on any atom is 0.335 e. The lowest BCUT2D eigenvalue weighted by atomic mass is 9.93. The Hall–Kier alpha value is -1.74. The Balaban J connectivity index is 2.23. The van der Waals surface area contributed by atoms with Gasteiger partial charge in [-0.3, -0.25) is 14.3 Å². The van der Waals surface area contributed by atoms with E-state index < -0.39 is 52.3 Å². The Bertz CT molecular complexity index is 1070. The van der Waals surface area contributed by atoms with Gasteiger partial charge in [-0.15, -0.1) is 0 Å². The third-order valence-corrected chi connectivity index (χ3v) is 17.6. The van der Waals surface area contributed by atoms with Crippen molar-refractivity contribution in [2.75, 3.05) is 6.61 Å². The van der Waals surface area contributed by atoms with E-state index in [0.717, 1.165) is 0 Å². The summed E-state index contributed by atoms with van der Waals surface area (Å²) in [4.78, 5) is 29.7. The lowest BCUT2D eigenvalue weighted by molar-refractivity contribution is -0.0576. The number of aromatic amines is 1. The van der Waals surface area contributed by atoms with E-state index in [-0.39, 0.29) is 28.8 Å². The topological polar surface area (TPSA) is 141 Å². The number of aromatic nitrogens is 2. The molecule has 0 saturated carbocycles. The van der Waals surface area contributed by atoms with E-state index >= 15 is 0 Å². The van der Waals surface area contributed by atoms with Crippen LogP contribution in [0.4, 0.5) is 0 Å². The van der Waals surface area contributed by atoms with Crippen molar-refractivity contribution in [1.29, 1.82) is 0 Å². The first-order valence-electron chi connectivity index (χ1n) is 12.3. The van der Waals surface area contributed by atoms with Crippen molar-refractivity contribution >= 4 is 17.1 Å². The molecule has 196 valence electrons. The van der Waals surface area contributed by atoms with Crippen molar-refractivity contribution in [1.82, 2.24) is 9.55 Å². The SMILES string of the molecule is CC(C)[Si]1(C(C)C)OC[C@H]2OC(n3ccc(=O)[nH]c3=O)[C@](C)(N=[N+]=[N-])C2O[Si](C(C)C)(C(C)C)O1. The quantitative estimate of drug-likeness (QED) is 0.252. The zero-order valence-corrected chi connectivity index (χ0v) is 24.1. The van der Waals surface area contributed by atoms with Gasteiger partial charge in [-0.2, -0.15) is 0 Å². The van der Waals surface area contributed by atoms with Gasteiger partial charge in [-0.05, 0) is 34.6 Å². The van der Waals surface area contributed by atoms with E-state index in [2.05, 4.69) is 70.4 Å². The second-order valence-corrected chi connectivity index (χ2v) is 19.8. The van der Waals surface area contributed by atoms with Gasteiger partial charge in [-0.1, -0.05) is 60.5 Å². The molecule has 2 unspecified atom stereocenters. The first-order valence-corrected chi connectivity index (χ1v) is 16.2. The van der Waals surface area contributed by atoms with Gasteiger partial charge in [0.05, 0.1) is 12.7 Å². The van der Waals surface area contributed by atoms with Gasteiger partial charge in [-0.25, -0.2) is 4.79 Å². The summed E-state index contributed by atoms with van der Waals surface area (Å²) in [7, 11) is -5.80. The van der Waals surface area contributed by atoms with Crippen molar-refractivity contribution < 1.29 is 17.7 Å². The fourth-order valence-electron chi connectivity index (χ4n) is 5.50. The summed E-state index contributed by atoms with van der Waals surface area (Å²) in [6.07, 6.45) is -0.971. The molecule has 3 heterocycles. The van der Waals surface area contributed by atoms with Crippen LogP contribution >= 0.6 is 0 Å². The first kappa shape index (κ1) is 27.8. The summed E-state index contributed by atoms with van der Waals surface area (Å²) in [5.41, 5.74) is 7.51. The van der Waals surface area contributed by atoms with Crippen LogP contribution in [0.1, 0.15) is 68.5 Å². The molecule has 3 rings (SSSR count). The van der Waals surface area contributed by atoms with E-state index in [1.165, 1.54) is 16.8 Å². The van der Waals surface area contributed by atoms with Crippen LogP contribution in [0.3, 0.4) is 0 Å². The van der Waals surface area contributed by atoms with Gasteiger partial charge in [0, 0.05) is 17.2 Å². The lowest BCUT2D eigenvalue weighted by Crippen LogP contribution is -2.66. The molecular formula is C22H39N5O6Si2. The molecule has 0 amide bonds. The fourth-order valence-corrected chi connectivity index (χ4v) is 16.8. The van der Waals surface area contributed by atoms with Gasteiger partial charge in [0.25, 0.3) is 5.56 Å². The van der Waals surface area contributed by atoms with Crippen molar-refractivity contribution in [2.45, 2.75) is 108 Å². The zero-order chi connectivity index (χ0) is 26.3. The number of nitrogens with one attached hydrogen (secondary N) is 1. The first-order chi connectivity index (χ1) is 16.2. The highest BCUT2D eigenvalue weighted by Gasteiger charge is 2.64. The number of H-pyrrole nitrogens is 1. The minimum absolute atomic E-state index is 0.0689. The van der Waals surface area contributed by atoms with Crippen molar-refractivity contribution in [3.8, 4) is 0 Å². The molecule has 2 aliphatic rings. The third kappa shape index (κ3) is 4.59. The van der Waals surface area contributed by atoms with Crippen LogP contribution in [-0.2, 0) is 17.7 Å². The Morgan fingerprint density at radius 1 is 1.09 bits per heavy atom. The van der Waals surface area contributed by atoms with Gasteiger partial charge >= 0.3 is 22.8 Å². The van der Waals surface area contributed by atoms with Crippen LogP contribution in [-0.4, -0.2) is 51.0 Å². The highest BCUT2D eigenvalue weighted by atomic mass is 28.5. The van der Waals surface area contributed by atoms with E-state index in [0.29, 0.717) is 0 Å². The highest BCUT2D eigenvalue weighted by Crippen LogP contribution is 2.51. The summed E-state index contributed by atoms with van der Waals surface area (Å²) in [5.74, 6) is 0. The highest BCUT2D eigenvalue weighted by molar-refractivity contribution is 6.84. The molecule has 0 aliphatic carbocycles. The minimum atomic E-state index is -3.01. The molecule has 2 aliphatic heterocycles. The second kappa shape index (κ2) is 9.96. The predicted octanol–water partition coefficient (Wildman–Crippen LogP) is 4.46. The smallest absolute Gasteiger partial charge is 0.335 e. The molecule has 0 aromatic carbocycles. The second-order valence-electron chi connectivity index (χ2n) is 11.0. The largest absolute Gasteiger partial charge is 0.414 e. The Kier molecular flexibility index (Phi) is 7.93. The molecule has 1 aromatic rings. The van der Waals surface area contributed by atoms with Crippen LogP contribution in [0.15, 0.2) is 27.0 Å². The lowest BCUT2D eigenvalue weighted by Gasteiger charge is -2.52. The number of fused-ring (bicyclic) bond motifs is 1. The number of azide groups is 1. The van der Waals surface area contributed by atoms with Crippen LogP contribution in [0.2, 0.25) is 22.2 Å². The normalized spacial score (nSPS) is 30.3. The molecule has 0 radical (unpaired) electrons. The summed E-state index contributed by atoms with van der Waals surface area (Å²) >= 11 is 0. The van der Waals surface area contributed by atoms with E-state index in [4.69, 9.17) is 17.7 Å². The molecule has 2 fully saturated rings. The summed E-state index contributed by atoms with van der Waals surface area (Å²) in [6.45, 7) is 18.8. The molecule has 0 bridgehead atoms.